The summed E-state index contributed by atoms with van der Waals surface area (Å²) in [6, 6.07) is 12.5. The van der Waals surface area contributed by atoms with Crippen LogP contribution in [0, 0.1) is 0 Å². The molecule has 28 heavy (non-hydrogen) atoms. The average molecular weight is 496 g/mol. The van der Waals surface area contributed by atoms with Crippen LogP contribution in [-0.2, 0) is 19.5 Å². The van der Waals surface area contributed by atoms with E-state index in [1.165, 1.54) is 11.0 Å². The van der Waals surface area contributed by atoms with Gasteiger partial charge in [-0.25, -0.2) is 9.56 Å². The number of hydrogen-bond donors (Lipinski definition) is 0. The second kappa shape index (κ2) is 13.4. The zero-order valence-corrected chi connectivity index (χ0v) is 22.1. The molecular weight excluding hydrogens is 470 g/mol. The van der Waals surface area contributed by atoms with E-state index in [-0.39, 0.29) is 56.7 Å². The summed E-state index contributed by atoms with van der Waals surface area (Å²) in [6.45, 7) is 12.6. The van der Waals surface area contributed by atoms with Crippen molar-refractivity contribution in [2.45, 2.75) is 27.7 Å². The standard InChI is InChI=1S/C20H26N3O.3ClH.Zn/c1-5-22(6-2)15-9-11-17-19(13-15)24-20-14-16(23(7-3)8-4)10-12-18(20)21-17;;;;/h9-14H,5-8H2,1-4H3;3*1H;/q+1;;;;+2/p-3. The summed E-state index contributed by atoms with van der Waals surface area (Å²) in [5.74, 6) is 0.837. The van der Waals surface area contributed by atoms with Crippen molar-refractivity contribution in [2.24, 2.45) is 0 Å². The first-order chi connectivity index (χ1) is 11.7. The maximum atomic E-state index is 6.19. The topological polar surface area (TPSA) is 32.3 Å². The smallest absolute Gasteiger partial charge is 1.00 e. The number of halogens is 3. The molecule has 0 bridgehead atoms. The molecule has 2 aliphatic rings. The van der Waals surface area contributed by atoms with E-state index in [1.807, 2.05) is 12.1 Å². The molecule has 0 aromatic heterocycles. The molecule has 0 radical (unpaired) electrons. The monoisotopic (exact) mass is 493 g/mol. The van der Waals surface area contributed by atoms with Crippen molar-refractivity contribution in [3.8, 4) is 11.5 Å². The Hall–Kier alpha value is -0.867. The van der Waals surface area contributed by atoms with Crippen molar-refractivity contribution in [3.63, 3.8) is 0 Å². The molecule has 1 heterocycles. The SMILES string of the molecule is CCN(CC)c1ccc2nc3ccc(=[N+](CC)CC)cc-3oc2c1.[Cl-].[Cl-].[Cl-].[Zn+2]. The Balaban J connectivity index is 0. The van der Waals surface area contributed by atoms with Gasteiger partial charge >= 0.3 is 19.5 Å². The molecule has 1 aromatic carbocycles. The van der Waals surface area contributed by atoms with E-state index in [0.717, 1.165) is 48.7 Å². The first-order valence-electron chi connectivity index (χ1n) is 8.87. The molecule has 0 saturated heterocycles. The second-order valence-electron chi connectivity index (χ2n) is 5.86. The van der Waals surface area contributed by atoms with E-state index in [9.17, 15) is 0 Å². The van der Waals surface area contributed by atoms with Crippen LogP contribution in [0.4, 0.5) is 5.69 Å². The largest absolute Gasteiger partial charge is 2.00 e. The van der Waals surface area contributed by atoms with Crippen molar-refractivity contribution in [3.05, 3.63) is 41.8 Å². The van der Waals surface area contributed by atoms with Crippen LogP contribution in [0.3, 0.4) is 0 Å². The Morgan fingerprint density at radius 1 is 0.893 bits per heavy atom. The number of anilines is 1. The maximum Gasteiger partial charge on any atom is 2.00 e. The van der Waals surface area contributed by atoms with Gasteiger partial charge in [-0.05, 0) is 45.9 Å². The van der Waals surface area contributed by atoms with Gasteiger partial charge in [-0.3, -0.25) is 0 Å². The fourth-order valence-electron chi connectivity index (χ4n) is 3.17. The third-order valence-corrected chi connectivity index (χ3v) is 4.60. The predicted molar refractivity (Wildman–Crippen MR) is 101 cm³/mol. The second-order valence-corrected chi connectivity index (χ2v) is 5.86. The number of nitrogens with zero attached hydrogens (tertiary/aromatic N) is 3. The summed E-state index contributed by atoms with van der Waals surface area (Å²) in [5.41, 5.74) is 3.81. The minimum atomic E-state index is 0. The molecule has 1 aliphatic heterocycles. The molecule has 1 aliphatic carbocycles. The molecule has 0 fully saturated rings. The van der Waals surface area contributed by atoms with Crippen LogP contribution < -0.4 is 52.1 Å². The van der Waals surface area contributed by atoms with E-state index in [2.05, 4.69) is 61.4 Å². The molecule has 0 atom stereocenters. The van der Waals surface area contributed by atoms with Crippen molar-refractivity contribution in [1.82, 2.24) is 9.56 Å². The van der Waals surface area contributed by atoms with Gasteiger partial charge in [0, 0.05) is 30.9 Å². The molecule has 150 valence electrons. The van der Waals surface area contributed by atoms with Gasteiger partial charge in [-0.15, -0.1) is 0 Å². The van der Waals surface area contributed by atoms with Gasteiger partial charge in [-0.2, -0.15) is 0 Å². The summed E-state index contributed by atoms with van der Waals surface area (Å²) in [7, 11) is 0. The van der Waals surface area contributed by atoms with Gasteiger partial charge < -0.3 is 46.5 Å². The molecule has 3 rings (SSSR count). The van der Waals surface area contributed by atoms with E-state index >= 15 is 0 Å². The van der Waals surface area contributed by atoms with Crippen LogP contribution in [0.2, 0.25) is 0 Å². The molecule has 0 N–H and O–H groups in total. The third kappa shape index (κ3) is 6.06. The number of benzene rings is 2. The number of rotatable bonds is 5. The van der Waals surface area contributed by atoms with Crippen molar-refractivity contribution >= 4 is 16.8 Å². The maximum absolute atomic E-state index is 6.19. The number of aromatic nitrogens is 1. The molecule has 0 unspecified atom stereocenters. The van der Waals surface area contributed by atoms with Gasteiger partial charge in [-0.1, -0.05) is 0 Å². The first-order valence-corrected chi connectivity index (χ1v) is 8.87. The summed E-state index contributed by atoms with van der Waals surface area (Å²) in [6.07, 6.45) is 0. The van der Waals surface area contributed by atoms with E-state index in [1.54, 1.807) is 0 Å². The summed E-state index contributed by atoms with van der Waals surface area (Å²) in [4.78, 5) is 7.06. The Bertz CT molecular complexity index is 891. The minimum absolute atomic E-state index is 0. The zero-order valence-electron chi connectivity index (χ0n) is 16.9. The Morgan fingerprint density at radius 3 is 2.11 bits per heavy atom. The van der Waals surface area contributed by atoms with E-state index in [0.29, 0.717) is 0 Å². The molecule has 8 heteroatoms. The third-order valence-electron chi connectivity index (χ3n) is 4.60. The van der Waals surface area contributed by atoms with Crippen LogP contribution in [0.25, 0.3) is 22.6 Å². The number of fused-ring (bicyclic) bond motifs is 2. The molecule has 0 saturated carbocycles. The van der Waals surface area contributed by atoms with Crippen molar-refractivity contribution < 1.29 is 61.1 Å². The van der Waals surface area contributed by atoms with Crippen LogP contribution >= 0.6 is 0 Å². The van der Waals surface area contributed by atoms with E-state index in [4.69, 9.17) is 9.40 Å². The van der Waals surface area contributed by atoms with Crippen molar-refractivity contribution in [1.29, 1.82) is 0 Å². The first kappa shape index (κ1) is 29.3. The van der Waals surface area contributed by atoms with Gasteiger partial charge in [0.25, 0.3) is 0 Å². The van der Waals surface area contributed by atoms with Crippen molar-refractivity contribution in [2.75, 3.05) is 31.1 Å². The Morgan fingerprint density at radius 2 is 1.54 bits per heavy atom. The molecule has 1 aromatic rings. The fourth-order valence-corrected chi connectivity index (χ4v) is 3.17. The van der Waals surface area contributed by atoms with Crippen LogP contribution in [0.15, 0.2) is 40.8 Å². The van der Waals surface area contributed by atoms with E-state index < -0.39 is 0 Å². The molecule has 0 spiro atoms. The van der Waals surface area contributed by atoms with Crippen LogP contribution in [0.5, 0.6) is 0 Å². The van der Waals surface area contributed by atoms with Crippen LogP contribution in [0.1, 0.15) is 27.7 Å². The van der Waals surface area contributed by atoms with Gasteiger partial charge in [0.1, 0.15) is 24.3 Å². The Kier molecular flexibility index (Phi) is 14.0. The summed E-state index contributed by atoms with van der Waals surface area (Å²) >= 11 is 0. The minimum Gasteiger partial charge on any atom is -1.00 e. The normalized spacial score (nSPS) is 9.57. The molecular formula is C20H26Cl3N3OZn. The average Bonchev–Trinajstić information content (AvgIpc) is 2.62. The fraction of sp³-hybridized carbons (Fsp3) is 0.400. The number of hydrogen-bond acceptors (Lipinski definition) is 3. The predicted octanol–water partition coefficient (Wildman–Crippen LogP) is -5.40. The quantitative estimate of drug-likeness (QED) is 0.201. The van der Waals surface area contributed by atoms with Gasteiger partial charge in [0.2, 0.25) is 5.36 Å². The van der Waals surface area contributed by atoms with Gasteiger partial charge in [0.15, 0.2) is 11.3 Å². The zero-order chi connectivity index (χ0) is 17.1. The summed E-state index contributed by atoms with van der Waals surface area (Å²) in [5, 5.41) is 1.18. The molecule has 4 nitrogen and oxygen atoms in total. The van der Waals surface area contributed by atoms with Crippen LogP contribution in [-0.4, -0.2) is 31.2 Å². The molecule has 0 amide bonds. The Labute approximate surface area is 198 Å². The summed E-state index contributed by atoms with van der Waals surface area (Å²) < 4.78 is 8.50. The van der Waals surface area contributed by atoms with Gasteiger partial charge in [0.05, 0.1) is 6.07 Å².